The van der Waals surface area contributed by atoms with E-state index in [2.05, 4.69) is 11.2 Å². The summed E-state index contributed by atoms with van der Waals surface area (Å²) in [5.41, 5.74) is -0.942. The van der Waals surface area contributed by atoms with Crippen LogP contribution in [-0.4, -0.2) is 16.8 Å². The molecule has 132 valence electrons. The van der Waals surface area contributed by atoms with Crippen molar-refractivity contribution in [2.24, 2.45) is 0 Å². The number of alkyl halides is 3. The van der Waals surface area contributed by atoms with Crippen LogP contribution < -0.4 is 9.88 Å². The summed E-state index contributed by atoms with van der Waals surface area (Å²) in [6.07, 6.45) is -1.43. The van der Waals surface area contributed by atoms with Crippen LogP contribution in [0.1, 0.15) is 23.1 Å². The van der Waals surface area contributed by atoms with E-state index >= 15 is 0 Å². The Balaban J connectivity index is 2.27. The van der Waals surface area contributed by atoms with Crippen molar-refractivity contribution in [3.63, 3.8) is 0 Å². The summed E-state index contributed by atoms with van der Waals surface area (Å²) < 4.78 is 42.1. The molecule has 2 heterocycles. The van der Waals surface area contributed by atoms with Crippen molar-refractivity contribution in [2.45, 2.75) is 18.1 Å². The third-order valence-corrected chi connectivity index (χ3v) is 4.49. The summed E-state index contributed by atoms with van der Waals surface area (Å²) in [5, 5.41) is 9.99. The molecule has 2 aromatic rings. The fraction of sp³-hybridized carbons (Fsp3) is 0.167. The molecule has 3 rings (SSSR count). The van der Waals surface area contributed by atoms with Gasteiger partial charge in [-0.05, 0) is 17.5 Å². The fourth-order valence-corrected chi connectivity index (χ4v) is 3.37. The largest absolute Gasteiger partial charge is 0.416 e. The van der Waals surface area contributed by atoms with Gasteiger partial charge in [0.15, 0.2) is 12.4 Å². The predicted octanol–water partition coefficient (Wildman–Crippen LogP) is 2.95. The van der Waals surface area contributed by atoms with Crippen LogP contribution >= 0.6 is 12.2 Å². The summed E-state index contributed by atoms with van der Waals surface area (Å²) in [6.45, 7) is 0. The highest BCUT2D eigenvalue weighted by atomic mass is 32.1. The number of thiocarbonyl (C=S) groups is 1. The average Bonchev–Trinajstić information content (AvgIpc) is 2.61. The lowest BCUT2D eigenvalue weighted by molar-refractivity contribution is -0.711. The molecule has 1 aromatic carbocycles. The molecule has 1 saturated heterocycles. The summed E-state index contributed by atoms with van der Waals surface area (Å²) in [4.78, 5) is 12.5. The van der Waals surface area contributed by atoms with E-state index < -0.39 is 29.6 Å². The third kappa shape index (κ3) is 3.16. The molecule has 8 heteroatoms. The molecule has 0 saturated carbocycles. The Kier molecular flexibility index (Phi) is 4.71. The molecule has 26 heavy (non-hydrogen) atoms. The zero-order valence-corrected chi connectivity index (χ0v) is 14.1. The normalized spacial score (nSPS) is 20.5. The van der Waals surface area contributed by atoms with Gasteiger partial charge >= 0.3 is 6.18 Å². The Morgan fingerprint density at radius 1 is 1.12 bits per heavy atom. The average molecular weight is 376 g/mol. The van der Waals surface area contributed by atoms with Gasteiger partial charge in [-0.25, -0.2) is 0 Å². The first kappa shape index (κ1) is 18.0. The summed E-state index contributed by atoms with van der Waals surface area (Å²) in [5.74, 6) is 0.512. The molecular formula is C18H13F3N3OS+. The highest BCUT2D eigenvalue weighted by Crippen LogP contribution is 2.42. The molecule has 1 aromatic heterocycles. The van der Waals surface area contributed by atoms with Crippen molar-refractivity contribution >= 4 is 29.0 Å². The van der Waals surface area contributed by atoms with Crippen LogP contribution in [0.15, 0.2) is 60.4 Å². The number of halogens is 3. The maximum atomic E-state index is 13.5. The second-order valence-corrected chi connectivity index (χ2v) is 6.10. The first-order valence-electron chi connectivity index (χ1n) is 7.61. The molecule has 1 amide bonds. The molecule has 2 N–H and O–H groups in total. The third-order valence-electron chi connectivity index (χ3n) is 4.17. The van der Waals surface area contributed by atoms with Gasteiger partial charge in [0.1, 0.15) is 4.99 Å². The van der Waals surface area contributed by atoms with Crippen molar-refractivity contribution < 1.29 is 22.5 Å². The van der Waals surface area contributed by atoms with Gasteiger partial charge in [-0.3, -0.25) is 10.2 Å². The van der Waals surface area contributed by atoms with E-state index in [0.29, 0.717) is 0 Å². The monoisotopic (exact) mass is 376 g/mol. The molecule has 0 radical (unpaired) electrons. The van der Waals surface area contributed by atoms with E-state index in [1.807, 2.05) is 0 Å². The smallest absolute Gasteiger partial charge is 0.310 e. The Bertz CT molecular complexity index is 921. The molecule has 1 aliphatic heterocycles. The number of piperidine rings is 1. The standard InChI is InChI=1S/C18H12F3N3OS/c19-18(20,21)13-7-3-2-6-11(13)14-12(10-22)17(26)23-16(25)15(14)24-8-4-1-5-9-24/h1-9,14-15,22H/p+1. The highest BCUT2D eigenvalue weighted by molar-refractivity contribution is 7.80. The fourth-order valence-electron chi connectivity index (χ4n) is 3.10. The predicted molar refractivity (Wildman–Crippen MR) is 91.8 cm³/mol. The van der Waals surface area contributed by atoms with Gasteiger partial charge in [-0.2, -0.15) is 17.7 Å². The first-order valence-corrected chi connectivity index (χ1v) is 8.02. The molecule has 1 fully saturated rings. The number of nitrogens with zero attached hydrogens (tertiary/aromatic N) is 1. The molecule has 4 nitrogen and oxygen atoms in total. The molecule has 1 aliphatic rings. The Labute approximate surface area is 152 Å². The van der Waals surface area contributed by atoms with Gasteiger partial charge in [-0.15, -0.1) is 0 Å². The van der Waals surface area contributed by atoms with Crippen LogP contribution in [0, 0.1) is 5.41 Å². The molecule has 2 atom stereocenters. The molecule has 0 spiro atoms. The topological polar surface area (TPSA) is 56.8 Å². The zero-order valence-electron chi connectivity index (χ0n) is 13.2. The van der Waals surface area contributed by atoms with Gasteiger partial charge in [0.2, 0.25) is 6.04 Å². The molecule has 0 aliphatic carbocycles. The number of hydrogen-bond donors (Lipinski definition) is 2. The van der Waals surface area contributed by atoms with Gasteiger partial charge in [0, 0.05) is 12.1 Å². The Morgan fingerprint density at radius 3 is 2.38 bits per heavy atom. The van der Waals surface area contributed by atoms with Crippen molar-refractivity contribution in [1.29, 1.82) is 5.41 Å². The van der Waals surface area contributed by atoms with Crippen molar-refractivity contribution in [2.75, 3.05) is 0 Å². The van der Waals surface area contributed by atoms with Crippen molar-refractivity contribution in [3.8, 4) is 0 Å². The van der Waals surface area contributed by atoms with E-state index in [1.165, 1.54) is 22.8 Å². The second-order valence-electron chi connectivity index (χ2n) is 5.69. The minimum atomic E-state index is -4.61. The molecule has 2 unspecified atom stereocenters. The van der Waals surface area contributed by atoms with Gasteiger partial charge in [0.25, 0.3) is 5.91 Å². The quantitative estimate of drug-likeness (QED) is 0.367. The minimum absolute atomic E-state index is 0.0395. The lowest BCUT2D eigenvalue weighted by Gasteiger charge is -2.30. The maximum Gasteiger partial charge on any atom is 0.416 e. The van der Waals surface area contributed by atoms with Crippen molar-refractivity contribution in [1.82, 2.24) is 5.32 Å². The summed E-state index contributed by atoms with van der Waals surface area (Å²) in [7, 11) is 0. The van der Waals surface area contributed by atoms with E-state index in [0.717, 1.165) is 6.07 Å². The lowest BCUT2D eigenvalue weighted by Crippen LogP contribution is -2.56. The number of carbonyl (C=O) groups excluding carboxylic acids is 1. The SMILES string of the molecule is N=C=C1C(=S)NC(=O)C([n+]2ccccc2)C1c1ccccc1C(F)(F)F. The van der Waals surface area contributed by atoms with Crippen LogP contribution in [0.5, 0.6) is 0 Å². The van der Waals surface area contributed by atoms with Crippen molar-refractivity contribution in [3.05, 3.63) is 71.6 Å². The number of pyridine rings is 1. The summed E-state index contributed by atoms with van der Waals surface area (Å²) in [6, 6.07) is 9.05. The number of nitrogens with one attached hydrogen (secondary N) is 2. The van der Waals surface area contributed by atoms with Gasteiger partial charge in [-0.1, -0.05) is 36.5 Å². The number of amides is 1. The lowest BCUT2D eigenvalue weighted by atomic mass is 9.79. The Hall–Kier alpha value is -2.83. The molecular weight excluding hydrogens is 363 g/mol. The number of aromatic nitrogens is 1. The number of benzene rings is 1. The van der Waals surface area contributed by atoms with Crippen LogP contribution in [0.2, 0.25) is 0 Å². The second kappa shape index (κ2) is 6.82. The van der Waals surface area contributed by atoms with Gasteiger partial charge < -0.3 is 5.32 Å². The number of carbonyl (C=O) groups is 1. The minimum Gasteiger partial charge on any atom is -0.310 e. The van der Waals surface area contributed by atoms with E-state index in [1.54, 1.807) is 30.6 Å². The summed E-state index contributed by atoms with van der Waals surface area (Å²) >= 11 is 5.08. The maximum absolute atomic E-state index is 13.5. The highest BCUT2D eigenvalue weighted by Gasteiger charge is 2.48. The number of rotatable bonds is 2. The molecule has 0 bridgehead atoms. The van der Waals surface area contributed by atoms with E-state index in [-0.39, 0.29) is 16.1 Å². The van der Waals surface area contributed by atoms with E-state index in [9.17, 15) is 18.0 Å². The zero-order chi connectivity index (χ0) is 18.9. The van der Waals surface area contributed by atoms with Crippen LogP contribution in [0.4, 0.5) is 13.2 Å². The van der Waals surface area contributed by atoms with Gasteiger partial charge in [0.05, 0.1) is 17.1 Å². The first-order chi connectivity index (χ1) is 12.3. The van der Waals surface area contributed by atoms with Crippen LogP contribution in [-0.2, 0) is 11.0 Å². The van der Waals surface area contributed by atoms with Crippen LogP contribution in [0.25, 0.3) is 0 Å². The van der Waals surface area contributed by atoms with E-state index in [4.69, 9.17) is 17.6 Å². The number of hydrogen-bond acceptors (Lipinski definition) is 3. The Morgan fingerprint density at radius 2 is 1.77 bits per heavy atom. The van der Waals surface area contributed by atoms with Crippen LogP contribution in [0.3, 0.4) is 0 Å².